The number of aliphatic hydroxyl groups excluding tert-OH is 1. The molecule has 1 aliphatic heterocycles. The highest BCUT2D eigenvalue weighted by molar-refractivity contribution is 6.35. The van der Waals surface area contributed by atoms with Gasteiger partial charge in [-0.2, -0.15) is 0 Å². The summed E-state index contributed by atoms with van der Waals surface area (Å²) in [6.45, 7) is 21.6. The standard InChI is InChI=1S/C47H55Cl2N7O3/c1-10-50-23-29(4)56-46(38-24-54(9)40-16-13-33(32(7)57)22-37(38)40)35(12-11-19-59-34-20-27(2)45(49)28(3)21-34)36-14-15-39(48)44(47(36)56)43-30(5)51-41(52-31(43)6)25-55-18-17-53(8)42(58)26-55/h10,13-16,20,22,24,29,34,50,57H,1,7,11-12,17-19,21,23,25-26H2,2-6,8-9H3/t29-,34?/m1/s1. The third-order valence-electron chi connectivity index (χ3n) is 11.8. The van der Waals surface area contributed by atoms with Crippen LogP contribution in [0, 0.1) is 13.8 Å². The Bertz CT molecular complexity index is 2520. The molecule has 3 aromatic heterocycles. The van der Waals surface area contributed by atoms with Crippen LogP contribution in [0.2, 0.25) is 5.02 Å². The Labute approximate surface area is 357 Å². The lowest BCUT2D eigenvalue weighted by molar-refractivity contribution is -0.134. The SMILES string of the molecule is C=CNC[C@@H](C)n1c(-c2cn(C)c3ccc(C(=C)O)cc23)c(CCCOC2C=C(C)C(Cl)=C(C)C2)c2ccc(Cl)c(-c3c(C)nc(CN4CCN(C)C(=O)C4)nc3C)c21. The number of ether oxygens (including phenoxy) is 1. The van der Waals surface area contributed by atoms with Crippen LogP contribution in [0.4, 0.5) is 0 Å². The number of piperazine rings is 1. The molecule has 10 nitrogen and oxygen atoms in total. The molecule has 0 saturated carbocycles. The first kappa shape index (κ1) is 42.3. The van der Waals surface area contributed by atoms with Gasteiger partial charge in [0.25, 0.3) is 0 Å². The first-order chi connectivity index (χ1) is 28.2. The van der Waals surface area contributed by atoms with Crippen molar-refractivity contribution in [2.24, 2.45) is 7.05 Å². The fourth-order valence-electron chi connectivity index (χ4n) is 8.86. The maximum atomic E-state index is 12.5. The number of nitrogens with zero attached hydrogens (tertiary/aromatic N) is 6. The number of aliphatic hydroxyl groups is 1. The second-order valence-electron chi connectivity index (χ2n) is 16.2. The third kappa shape index (κ3) is 8.33. The van der Waals surface area contributed by atoms with Gasteiger partial charge in [-0.15, -0.1) is 0 Å². The minimum absolute atomic E-state index is 0.0178. The van der Waals surface area contributed by atoms with Gasteiger partial charge < -0.3 is 29.2 Å². The number of allylic oxidation sites excluding steroid dienone is 2. The first-order valence-corrected chi connectivity index (χ1v) is 21.1. The van der Waals surface area contributed by atoms with E-state index < -0.39 is 0 Å². The summed E-state index contributed by atoms with van der Waals surface area (Å²) in [5.74, 6) is 0.794. The fourth-order valence-corrected chi connectivity index (χ4v) is 9.25. The van der Waals surface area contributed by atoms with Crippen molar-refractivity contribution in [3.05, 3.63) is 112 Å². The predicted octanol–water partition coefficient (Wildman–Crippen LogP) is 9.80. The molecule has 310 valence electrons. The Morgan fingerprint density at radius 2 is 1.81 bits per heavy atom. The van der Waals surface area contributed by atoms with E-state index in [1.807, 2.05) is 52.1 Å². The van der Waals surface area contributed by atoms with E-state index in [9.17, 15) is 9.90 Å². The van der Waals surface area contributed by atoms with Crippen molar-refractivity contribution >= 4 is 56.7 Å². The Balaban J connectivity index is 1.41. The van der Waals surface area contributed by atoms with E-state index in [1.165, 1.54) is 5.56 Å². The van der Waals surface area contributed by atoms with Crippen molar-refractivity contribution < 1.29 is 14.6 Å². The van der Waals surface area contributed by atoms with Crippen LogP contribution in [0.1, 0.15) is 68.0 Å². The predicted molar refractivity (Wildman–Crippen MR) is 242 cm³/mol. The van der Waals surface area contributed by atoms with E-state index in [2.05, 4.69) is 71.7 Å². The van der Waals surface area contributed by atoms with Crippen molar-refractivity contribution in [1.82, 2.24) is 34.2 Å². The molecular weight excluding hydrogens is 781 g/mol. The molecule has 1 unspecified atom stereocenters. The number of likely N-dealkylation sites (N-methyl/N-ethyl adjacent to an activating group) is 1. The fraction of sp³-hybridized carbons (Fsp3) is 0.383. The van der Waals surface area contributed by atoms with Gasteiger partial charge in [0.2, 0.25) is 5.91 Å². The van der Waals surface area contributed by atoms with Gasteiger partial charge in [-0.3, -0.25) is 9.69 Å². The number of rotatable bonds is 14. The summed E-state index contributed by atoms with van der Waals surface area (Å²) in [6.07, 6.45) is 8.29. The summed E-state index contributed by atoms with van der Waals surface area (Å²) in [7, 11) is 3.89. The van der Waals surface area contributed by atoms with Gasteiger partial charge in [-0.25, -0.2) is 9.97 Å². The van der Waals surface area contributed by atoms with Crippen LogP contribution in [-0.2, 0) is 29.5 Å². The Hall–Kier alpha value is -4.87. The minimum Gasteiger partial charge on any atom is -0.508 e. The van der Waals surface area contributed by atoms with Crippen molar-refractivity contribution in [3.63, 3.8) is 0 Å². The normalized spacial score (nSPS) is 17.0. The summed E-state index contributed by atoms with van der Waals surface area (Å²) in [5.41, 5.74) is 11.6. The molecule has 0 spiro atoms. The topological polar surface area (TPSA) is 101 Å². The molecule has 2 aromatic carbocycles. The zero-order valence-corrected chi connectivity index (χ0v) is 36.8. The summed E-state index contributed by atoms with van der Waals surface area (Å²) in [4.78, 5) is 26.5. The number of aryl methyl sites for hydroxylation is 4. The van der Waals surface area contributed by atoms with Gasteiger partial charge in [0, 0.05) is 108 Å². The number of nitrogens with one attached hydrogen (secondary N) is 1. The van der Waals surface area contributed by atoms with E-state index in [1.54, 1.807) is 11.1 Å². The van der Waals surface area contributed by atoms with Gasteiger partial charge in [0.15, 0.2) is 0 Å². The van der Waals surface area contributed by atoms with E-state index >= 15 is 0 Å². The zero-order chi connectivity index (χ0) is 42.3. The average molecular weight is 837 g/mol. The molecule has 2 atom stereocenters. The Morgan fingerprint density at radius 1 is 1.07 bits per heavy atom. The van der Waals surface area contributed by atoms with E-state index in [0.29, 0.717) is 49.2 Å². The summed E-state index contributed by atoms with van der Waals surface area (Å²) in [6, 6.07) is 10.0. The van der Waals surface area contributed by atoms with Crippen LogP contribution in [-0.4, -0.2) is 85.9 Å². The monoisotopic (exact) mass is 835 g/mol. The lowest BCUT2D eigenvalue weighted by Crippen LogP contribution is -2.48. The number of hydrogen-bond donors (Lipinski definition) is 2. The second-order valence-corrected chi connectivity index (χ2v) is 17.0. The lowest BCUT2D eigenvalue weighted by Gasteiger charge is -2.31. The number of carbonyl (C=O) groups is 1. The molecule has 2 N–H and O–H groups in total. The number of fused-ring (bicyclic) bond motifs is 2. The summed E-state index contributed by atoms with van der Waals surface area (Å²) < 4.78 is 11.1. The molecule has 12 heteroatoms. The second kappa shape index (κ2) is 17.4. The number of carbonyl (C=O) groups excluding carboxylic acids is 1. The highest BCUT2D eigenvalue weighted by Crippen LogP contribution is 2.47. The number of aromatic nitrogens is 4. The van der Waals surface area contributed by atoms with Crippen molar-refractivity contribution in [2.45, 2.75) is 72.6 Å². The molecule has 2 aliphatic rings. The lowest BCUT2D eigenvalue weighted by atomic mass is 9.96. The largest absolute Gasteiger partial charge is 0.508 e. The Kier molecular flexibility index (Phi) is 12.5. The molecule has 4 heterocycles. The molecule has 0 bridgehead atoms. The van der Waals surface area contributed by atoms with Crippen LogP contribution in [0.3, 0.4) is 0 Å². The van der Waals surface area contributed by atoms with Crippen molar-refractivity contribution in [2.75, 3.05) is 39.8 Å². The average Bonchev–Trinajstić information content (AvgIpc) is 3.69. The van der Waals surface area contributed by atoms with E-state index in [0.717, 1.165) is 97.6 Å². The molecule has 1 aliphatic carbocycles. The van der Waals surface area contributed by atoms with Crippen LogP contribution in [0.15, 0.2) is 78.1 Å². The van der Waals surface area contributed by atoms with Gasteiger partial charge in [0.1, 0.15) is 11.6 Å². The minimum atomic E-state index is -0.0654. The molecular formula is C47H55Cl2N7O3. The molecule has 1 amide bonds. The van der Waals surface area contributed by atoms with E-state index in [-0.39, 0.29) is 23.8 Å². The third-order valence-corrected chi connectivity index (χ3v) is 12.8. The summed E-state index contributed by atoms with van der Waals surface area (Å²) >= 11 is 13.9. The smallest absolute Gasteiger partial charge is 0.236 e. The van der Waals surface area contributed by atoms with Crippen molar-refractivity contribution in [1.29, 1.82) is 0 Å². The van der Waals surface area contributed by atoms with Crippen LogP contribution < -0.4 is 5.32 Å². The molecule has 0 radical (unpaired) electrons. The highest BCUT2D eigenvalue weighted by Gasteiger charge is 2.30. The zero-order valence-electron chi connectivity index (χ0n) is 35.3. The number of benzene rings is 2. The van der Waals surface area contributed by atoms with Crippen molar-refractivity contribution in [3.8, 4) is 22.4 Å². The highest BCUT2D eigenvalue weighted by atomic mass is 35.5. The molecule has 1 saturated heterocycles. The van der Waals surface area contributed by atoms with Gasteiger partial charge >= 0.3 is 0 Å². The Morgan fingerprint density at radius 3 is 2.49 bits per heavy atom. The molecule has 59 heavy (non-hydrogen) atoms. The maximum Gasteiger partial charge on any atom is 0.236 e. The molecule has 1 fully saturated rings. The molecule has 5 aromatic rings. The number of amides is 1. The van der Waals surface area contributed by atoms with Crippen LogP contribution in [0.25, 0.3) is 49.9 Å². The van der Waals surface area contributed by atoms with E-state index in [4.69, 9.17) is 37.9 Å². The summed E-state index contributed by atoms with van der Waals surface area (Å²) in [5, 5.41) is 17.4. The first-order valence-electron chi connectivity index (χ1n) is 20.3. The number of hydrogen-bond acceptors (Lipinski definition) is 7. The van der Waals surface area contributed by atoms with Gasteiger partial charge in [0.05, 0.1) is 35.4 Å². The number of halogens is 2. The quantitative estimate of drug-likeness (QED) is 0.0849. The van der Waals surface area contributed by atoms with Gasteiger partial charge in [-0.1, -0.05) is 54.1 Å². The van der Waals surface area contributed by atoms with Crippen LogP contribution in [0.5, 0.6) is 0 Å². The maximum absolute atomic E-state index is 12.5. The molecule has 7 rings (SSSR count). The van der Waals surface area contributed by atoms with Gasteiger partial charge in [-0.05, 0) is 95.5 Å². The van der Waals surface area contributed by atoms with Crippen LogP contribution >= 0.6 is 23.2 Å².